The van der Waals surface area contributed by atoms with Gasteiger partial charge in [0.1, 0.15) is 5.82 Å². The Morgan fingerprint density at radius 1 is 1.43 bits per heavy atom. The molecule has 0 saturated heterocycles. The molecule has 0 spiro atoms. The molecule has 0 radical (unpaired) electrons. The molecule has 0 aliphatic rings. The highest BCUT2D eigenvalue weighted by Gasteiger charge is 2.06. The zero-order valence-corrected chi connectivity index (χ0v) is 10.1. The van der Waals surface area contributed by atoms with Crippen LogP contribution in [0, 0.1) is 0 Å². The van der Waals surface area contributed by atoms with Crippen molar-refractivity contribution < 1.29 is 0 Å². The van der Waals surface area contributed by atoms with Crippen LogP contribution < -0.4 is 0 Å². The van der Waals surface area contributed by atoms with Crippen molar-refractivity contribution in [3.05, 3.63) is 34.0 Å². The van der Waals surface area contributed by atoms with E-state index in [0.29, 0.717) is 0 Å². The van der Waals surface area contributed by atoms with Gasteiger partial charge in [-0.2, -0.15) is 0 Å². The van der Waals surface area contributed by atoms with Crippen molar-refractivity contribution >= 4 is 27.3 Å². The molecule has 0 saturated carbocycles. The summed E-state index contributed by atoms with van der Waals surface area (Å²) >= 11 is 5.18. The zero-order valence-electron chi connectivity index (χ0n) is 7.70. The maximum absolute atomic E-state index is 4.46. The third kappa shape index (κ3) is 1.86. The molecule has 2 nitrogen and oxygen atoms in total. The molecule has 0 aromatic carbocycles. The quantitative estimate of drug-likeness (QED) is 0.833. The van der Waals surface area contributed by atoms with Gasteiger partial charge in [-0.05, 0) is 33.4 Å². The summed E-state index contributed by atoms with van der Waals surface area (Å²) in [5.41, 5.74) is 0.999. The van der Waals surface area contributed by atoms with Crippen molar-refractivity contribution in [1.82, 2.24) is 9.97 Å². The third-order valence-corrected chi connectivity index (χ3v) is 3.73. The molecule has 72 valence electrons. The SMILES string of the molecule is CCc1nccc(-c2sccc2Br)n1. The van der Waals surface area contributed by atoms with E-state index in [9.17, 15) is 0 Å². The lowest BCUT2D eigenvalue weighted by atomic mass is 10.3. The topological polar surface area (TPSA) is 25.8 Å². The summed E-state index contributed by atoms with van der Waals surface area (Å²) < 4.78 is 1.10. The van der Waals surface area contributed by atoms with E-state index >= 15 is 0 Å². The molecule has 14 heavy (non-hydrogen) atoms. The Labute approximate surface area is 95.2 Å². The van der Waals surface area contributed by atoms with E-state index in [-0.39, 0.29) is 0 Å². The zero-order chi connectivity index (χ0) is 9.97. The molecule has 0 fully saturated rings. The standard InChI is InChI=1S/C10H9BrN2S/c1-2-9-12-5-3-8(13-9)10-7(11)4-6-14-10/h3-6H,2H2,1H3. The first kappa shape index (κ1) is 9.80. The van der Waals surface area contributed by atoms with Crippen LogP contribution in [0.1, 0.15) is 12.7 Å². The Morgan fingerprint density at radius 2 is 2.29 bits per heavy atom. The van der Waals surface area contributed by atoms with Crippen molar-refractivity contribution in [3.63, 3.8) is 0 Å². The molecule has 0 bridgehead atoms. The van der Waals surface area contributed by atoms with E-state index in [4.69, 9.17) is 0 Å². The van der Waals surface area contributed by atoms with E-state index in [2.05, 4.69) is 32.8 Å². The summed E-state index contributed by atoms with van der Waals surface area (Å²) in [5, 5.41) is 2.05. The van der Waals surface area contributed by atoms with E-state index in [1.54, 1.807) is 11.3 Å². The number of aryl methyl sites for hydroxylation is 1. The van der Waals surface area contributed by atoms with Crippen molar-refractivity contribution in [2.75, 3.05) is 0 Å². The van der Waals surface area contributed by atoms with Gasteiger partial charge in [0.15, 0.2) is 0 Å². The predicted molar refractivity (Wildman–Crippen MR) is 62.4 cm³/mol. The van der Waals surface area contributed by atoms with Gasteiger partial charge in [-0.25, -0.2) is 9.97 Å². The largest absolute Gasteiger partial charge is 0.241 e. The summed E-state index contributed by atoms with van der Waals surface area (Å²) in [4.78, 5) is 9.81. The summed E-state index contributed by atoms with van der Waals surface area (Å²) in [6.45, 7) is 2.06. The van der Waals surface area contributed by atoms with Crippen LogP contribution in [0.15, 0.2) is 28.2 Å². The molecule has 0 unspecified atom stereocenters. The molecule has 2 aromatic rings. The third-order valence-electron chi connectivity index (χ3n) is 1.87. The molecule has 2 rings (SSSR count). The minimum absolute atomic E-state index is 0.872. The van der Waals surface area contributed by atoms with Gasteiger partial charge < -0.3 is 0 Å². The van der Waals surface area contributed by atoms with E-state index in [1.807, 2.05) is 23.7 Å². The summed E-state index contributed by atoms with van der Waals surface area (Å²) in [6.07, 6.45) is 2.68. The number of nitrogens with zero attached hydrogens (tertiary/aromatic N) is 2. The fourth-order valence-corrected chi connectivity index (χ4v) is 2.72. The molecule has 0 N–H and O–H groups in total. The van der Waals surface area contributed by atoms with Crippen LogP contribution in [0.2, 0.25) is 0 Å². The maximum atomic E-state index is 4.46. The number of halogens is 1. The predicted octanol–water partition coefficient (Wildman–Crippen LogP) is 3.53. The minimum Gasteiger partial charge on any atom is -0.241 e. The van der Waals surface area contributed by atoms with Crippen LogP contribution in [-0.4, -0.2) is 9.97 Å². The molecule has 0 amide bonds. The van der Waals surface area contributed by atoms with Gasteiger partial charge in [0.25, 0.3) is 0 Å². The summed E-state index contributed by atoms with van der Waals surface area (Å²) in [7, 11) is 0. The lowest BCUT2D eigenvalue weighted by Crippen LogP contribution is -1.92. The van der Waals surface area contributed by atoms with Crippen molar-refractivity contribution in [2.24, 2.45) is 0 Å². The van der Waals surface area contributed by atoms with Crippen molar-refractivity contribution in [1.29, 1.82) is 0 Å². The number of aromatic nitrogens is 2. The second-order valence-electron chi connectivity index (χ2n) is 2.81. The Hall–Kier alpha value is -0.740. The van der Waals surface area contributed by atoms with Gasteiger partial charge in [-0.1, -0.05) is 6.92 Å². The highest BCUT2D eigenvalue weighted by Crippen LogP contribution is 2.31. The van der Waals surface area contributed by atoms with Crippen LogP contribution in [-0.2, 0) is 6.42 Å². The van der Waals surface area contributed by atoms with Crippen LogP contribution in [0.3, 0.4) is 0 Å². The van der Waals surface area contributed by atoms with E-state index < -0.39 is 0 Å². The lowest BCUT2D eigenvalue weighted by molar-refractivity contribution is 0.944. The molecule has 2 aromatic heterocycles. The van der Waals surface area contributed by atoms with Gasteiger partial charge in [0.2, 0.25) is 0 Å². The van der Waals surface area contributed by atoms with Gasteiger partial charge in [-0.15, -0.1) is 11.3 Å². The highest BCUT2D eigenvalue weighted by molar-refractivity contribution is 9.10. The Bertz CT molecular complexity index is 439. The Balaban J connectivity index is 2.47. The van der Waals surface area contributed by atoms with Gasteiger partial charge in [-0.3, -0.25) is 0 Å². The first-order chi connectivity index (χ1) is 6.81. The molecule has 0 aliphatic heterocycles. The minimum atomic E-state index is 0.872. The van der Waals surface area contributed by atoms with Crippen LogP contribution >= 0.6 is 27.3 Å². The summed E-state index contributed by atoms with van der Waals surface area (Å²) in [6, 6.07) is 3.98. The molecule has 0 aliphatic carbocycles. The fraction of sp³-hybridized carbons (Fsp3) is 0.200. The normalized spacial score (nSPS) is 10.4. The number of hydrogen-bond acceptors (Lipinski definition) is 3. The molecular weight excluding hydrogens is 260 g/mol. The van der Waals surface area contributed by atoms with Gasteiger partial charge in [0.05, 0.1) is 10.6 Å². The highest BCUT2D eigenvalue weighted by atomic mass is 79.9. The average molecular weight is 269 g/mol. The van der Waals surface area contributed by atoms with E-state index in [0.717, 1.165) is 22.4 Å². The second-order valence-corrected chi connectivity index (χ2v) is 4.58. The van der Waals surface area contributed by atoms with Gasteiger partial charge in [0, 0.05) is 17.1 Å². The van der Waals surface area contributed by atoms with Crippen molar-refractivity contribution in [2.45, 2.75) is 13.3 Å². The van der Waals surface area contributed by atoms with Crippen LogP contribution in [0.25, 0.3) is 10.6 Å². The maximum Gasteiger partial charge on any atom is 0.128 e. The van der Waals surface area contributed by atoms with Crippen molar-refractivity contribution in [3.8, 4) is 10.6 Å². The van der Waals surface area contributed by atoms with Crippen LogP contribution in [0.5, 0.6) is 0 Å². The van der Waals surface area contributed by atoms with E-state index in [1.165, 1.54) is 4.88 Å². The first-order valence-corrected chi connectivity index (χ1v) is 6.04. The molecule has 0 atom stereocenters. The lowest BCUT2D eigenvalue weighted by Gasteiger charge is -1.99. The number of thiophene rings is 1. The molecule has 4 heteroatoms. The first-order valence-electron chi connectivity index (χ1n) is 4.36. The monoisotopic (exact) mass is 268 g/mol. The second kappa shape index (κ2) is 4.19. The Kier molecular flexibility index (Phi) is 2.93. The number of rotatable bonds is 2. The average Bonchev–Trinajstić information content (AvgIpc) is 2.65. The number of hydrogen-bond donors (Lipinski definition) is 0. The fourth-order valence-electron chi connectivity index (χ4n) is 1.17. The molecule has 2 heterocycles. The Morgan fingerprint density at radius 3 is 2.93 bits per heavy atom. The molecular formula is C10H9BrN2S. The van der Waals surface area contributed by atoms with Crippen LogP contribution in [0.4, 0.5) is 0 Å². The summed E-state index contributed by atoms with van der Waals surface area (Å²) in [5.74, 6) is 0.891. The smallest absolute Gasteiger partial charge is 0.128 e. The van der Waals surface area contributed by atoms with Gasteiger partial charge >= 0.3 is 0 Å².